The SMILES string of the molecule is O=C1NCCc2[nH]c(-c3ccnc(-c4ccc(CCCNCCCc5ccccc5)nc4)c3)cc21. The van der Waals surface area contributed by atoms with E-state index < -0.39 is 0 Å². The molecule has 3 aromatic heterocycles. The highest BCUT2D eigenvalue weighted by atomic mass is 16.1. The lowest BCUT2D eigenvalue weighted by Gasteiger charge is -2.11. The summed E-state index contributed by atoms with van der Waals surface area (Å²) in [7, 11) is 0. The number of fused-ring (bicyclic) bond motifs is 1. The van der Waals surface area contributed by atoms with Crippen molar-refractivity contribution in [2.45, 2.75) is 32.1 Å². The summed E-state index contributed by atoms with van der Waals surface area (Å²) in [6.45, 7) is 2.72. The Morgan fingerprint density at radius 3 is 2.54 bits per heavy atom. The van der Waals surface area contributed by atoms with Crippen LogP contribution in [0.5, 0.6) is 0 Å². The summed E-state index contributed by atoms with van der Waals surface area (Å²) in [5.74, 6) is -0.00907. The van der Waals surface area contributed by atoms with Gasteiger partial charge in [0.2, 0.25) is 0 Å². The van der Waals surface area contributed by atoms with E-state index >= 15 is 0 Å². The number of pyridine rings is 2. The number of rotatable bonds is 10. The highest BCUT2D eigenvalue weighted by Gasteiger charge is 2.20. The number of nitrogens with one attached hydrogen (secondary N) is 3. The minimum Gasteiger partial charge on any atom is -0.358 e. The van der Waals surface area contributed by atoms with Crippen molar-refractivity contribution in [1.29, 1.82) is 0 Å². The molecule has 35 heavy (non-hydrogen) atoms. The summed E-state index contributed by atoms with van der Waals surface area (Å²) in [4.78, 5) is 24.7. The van der Waals surface area contributed by atoms with E-state index in [1.807, 2.05) is 30.6 Å². The predicted octanol–water partition coefficient (Wildman–Crippen LogP) is 4.58. The Morgan fingerprint density at radius 2 is 1.74 bits per heavy atom. The molecule has 0 unspecified atom stereocenters. The van der Waals surface area contributed by atoms with Crippen LogP contribution < -0.4 is 10.6 Å². The van der Waals surface area contributed by atoms with Crippen LogP contribution in [-0.2, 0) is 19.3 Å². The maximum absolute atomic E-state index is 12.1. The second-order valence-corrected chi connectivity index (χ2v) is 8.99. The molecular formula is C29H31N5O. The third-order valence-electron chi connectivity index (χ3n) is 6.44. The van der Waals surface area contributed by atoms with Crippen molar-refractivity contribution in [1.82, 2.24) is 25.6 Å². The Bertz CT molecular complexity index is 1260. The third kappa shape index (κ3) is 5.84. The van der Waals surface area contributed by atoms with Gasteiger partial charge in [0.15, 0.2) is 0 Å². The van der Waals surface area contributed by atoms with Crippen LogP contribution in [0.1, 0.15) is 40.2 Å². The summed E-state index contributed by atoms with van der Waals surface area (Å²) in [6.07, 6.45) is 8.83. The fourth-order valence-corrected chi connectivity index (χ4v) is 4.51. The first kappa shape index (κ1) is 23.0. The van der Waals surface area contributed by atoms with Crippen molar-refractivity contribution in [2.24, 2.45) is 0 Å². The first-order valence-corrected chi connectivity index (χ1v) is 12.4. The van der Waals surface area contributed by atoms with Crippen LogP contribution in [0, 0.1) is 0 Å². The first-order valence-electron chi connectivity index (χ1n) is 12.4. The Morgan fingerprint density at radius 1 is 0.886 bits per heavy atom. The molecule has 0 saturated heterocycles. The van der Waals surface area contributed by atoms with Gasteiger partial charge in [-0.05, 0) is 74.7 Å². The number of hydrogen-bond donors (Lipinski definition) is 3. The lowest BCUT2D eigenvalue weighted by atomic mass is 10.1. The predicted molar refractivity (Wildman–Crippen MR) is 139 cm³/mol. The molecule has 4 aromatic rings. The monoisotopic (exact) mass is 465 g/mol. The van der Waals surface area contributed by atoms with E-state index in [1.54, 1.807) is 0 Å². The molecule has 178 valence electrons. The number of aromatic nitrogens is 3. The lowest BCUT2D eigenvalue weighted by molar-refractivity contribution is 0.0946. The zero-order valence-corrected chi connectivity index (χ0v) is 19.9. The molecule has 6 heteroatoms. The van der Waals surface area contributed by atoms with Gasteiger partial charge in [-0.25, -0.2) is 0 Å². The van der Waals surface area contributed by atoms with Gasteiger partial charge < -0.3 is 15.6 Å². The fraction of sp³-hybridized carbons (Fsp3) is 0.276. The molecule has 1 aromatic carbocycles. The molecule has 0 radical (unpaired) electrons. The number of benzene rings is 1. The Balaban J connectivity index is 1.11. The van der Waals surface area contributed by atoms with Gasteiger partial charge in [0, 0.05) is 53.6 Å². The minimum atomic E-state index is -0.00907. The van der Waals surface area contributed by atoms with Gasteiger partial charge in [0.25, 0.3) is 5.91 Å². The van der Waals surface area contributed by atoms with Crippen molar-refractivity contribution >= 4 is 5.91 Å². The van der Waals surface area contributed by atoms with Crippen LogP contribution >= 0.6 is 0 Å². The summed E-state index contributed by atoms with van der Waals surface area (Å²) in [6, 6.07) is 20.8. The normalized spacial score (nSPS) is 12.9. The molecule has 1 aliphatic heterocycles. The molecule has 0 spiro atoms. The number of carbonyl (C=O) groups is 1. The van der Waals surface area contributed by atoms with E-state index in [4.69, 9.17) is 0 Å². The third-order valence-corrected chi connectivity index (χ3v) is 6.44. The van der Waals surface area contributed by atoms with Crippen molar-refractivity contribution in [3.05, 3.63) is 95.6 Å². The lowest BCUT2D eigenvalue weighted by Crippen LogP contribution is -2.31. The van der Waals surface area contributed by atoms with Crippen LogP contribution in [-0.4, -0.2) is 40.5 Å². The standard InChI is InChI=1S/C29H31N5O/c35-29-25-19-28(34-26(25)13-17-32-29)22-12-16-31-27(18-22)23-10-11-24(33-20-23)9-5-15-30-14-4-8-21-6-2-1-3-7-21/h1-3,6-7,10-12,16,18-20,30,34H,4-5,8-9,13-15,17H2,(H,32,35). The quantitative estimate of drug-likeness (QED) is 0.300. The fourth-order valence-electron chi connectivity index (χ4n) is 4.51. The number of hydrogen-bond acceptors (Lipinski definition) is 4. The molecule has 5 rings (SSSR count). The maximum atomic E-state index is 12.1. The van der Waals surface area contributed by atoms with Crippen molar-refractivity contribution in [3.63, 3.8) is 0 Å². The number of aromatic amines is 1. The van der Waals surface area contributed by atoms with E-state index in [1.165, 1.54) is 5.56 Å². The van der Waals surface area contributed by atoms with Gasteiger partial charge in [-0.3, -0.25) is 14.8 Å². The molecule has 1 amide bonds. The maximum Gasteiger partial charge on any atom is 0.253 e. The first-order chi connectivity index (χ1) is 17.3. The van der Waals surface area contributed by atoms with Crippen LogP contribution in [0.3, 0.4) is 0 Å². The van der Waals surface area contributed by atoms with Gasteiger partial charge in [0.05, 0.1) is 11.3 Å². The smallest absolute Gasteiger partial charge is 0.253 e. The van der Waals surface area contributed by atoms with Crippen molar-refractivity contribution in [2.75, 3.05) is 19.6 Å². The average molecular weight is 466 g/mol. The molecule has 4 heterocycles. The summed E-state index contributed by atoms with van der Waals surface area (Å²) in [5, 5.41) is 6.43. The Hall–Kier alpha value is -3.77. The Kier molecular flexibility index (Phi) is 7.29. The summed E-state index contributed by atoms with van der Waals surface area (Å²) < 4.78 is 0. The molecule has 0 bridgehead atoms. The minimum absolute atomic E-state index is 0.00907. The van der Waals surface area contributed by atoms with E-state index in [9.17, 15) is 4.79 Å². The van der Waals surface area contributed by atoms with E-state index in [0.717, 1.165) is 84.7 Å². The van der Waals surface area contributed by atoms with Crippen LogP contribution in [0.15, 0.2) is 73.1 Å². The summed E-state index contributed by atoms with van der Waals surface area (Å²) in [5.41, 5.74) is 8.05. The van der Waals surface area contributed by atoms with E-state index in [0.29, 0.717) is 6.54 Å². The second kappa shape index (κ2) is 11.1. The highest BCUT2D eigenvalue weighted by molar-refractivity contribution is 5.97. The van der Waals surface area contributed by atoms with Gasteiger partial charge in [0.1, 0.15) is 0 Å². The van der Waals surface area contributed by atoms with Crippen LogP contribution in [0.25, 0.3) is 22.5 Å². The largest absolute Gasteiger partial charge is 0.358 e. The van der Waals surface area contributed by atoms with Gasteiger partial charge >= 0.3 is 0 Å². The van der Waals surface area contributed by atoms with E-state index in [-0.39, 0.29) is 5.91 Å². The molecule has 0 saturated carbocycles. The summed E-state index contributed by atoms with van der Waals surface area (Å²) >= 11 is 0. The Labute approximate surface area is 206 Å². The van der Waals surface area contributed by atoms with Crippen molar-refractivity contribution < 1.29 is 4.79 Å². The molecule has 0 fully saturated rings. The van der Waals surface area contributed by atoms with Crippen LogP contribution in [0.2, 0.25) is 0 Å². The van der Waals surface area contributed by atoms with Gasteiger partial charge in [-0.2, -0.15) is 0 Å². The number of H-pyrrole nitrogens is 1. The molecule has 3 N–H and O–H groups in total. The van der Waals surface area contributed by atoms with E-state index in [2.05, 4.69) is 68.1 Å². The highest BCUT2D eigenvalue weighted by Crippen LogP contribution is 2.27. The van der Waals surface area contributed by atoms with Crippen molar-refractivity contribution in [3.8, 4) is 22.5 Å². The molecule has 6 nitrogen and oxygen atoms in total. The zero-order valence-electron chi connectivity index (χ0n) is 19.9. The second-order valence-electron chi connectivity index (χ2n) is 8.99. The number of amides is 1. The van der Waals surface area contributed by atoms with Gasteiger partial charge in [-0.1, -0.05) is 30.3 Å². The number of nitrogens with zero attached hydrogens (tertiary/aromatic N) is 2. The number of carbonyl (C=O) groups excluding carboxylic acids is 1. The molecule has 0 aliphatic carbocycles. The molecule has 0 atom stereocenters. The van der Waals surface area contributed by atoms with Gasteiger partial charge in [-0.15, -0.1) is 0 Å². The average Bonchev–Trinajstić information content (AvgIpc) is 3.35. The molecule has 1 aliphatic rings. The topological polar surface area (TPSA) is 82.7 Å². The van der Waals surface area contributed by atoms with Crippen LogP contribution in [0.4, 0.5) is 0 Å². The molecular weight excluding hydrogens is 434 g/mol. The number of aryl methyl sites for hydroxylation is 2. The zero-order chi connectivity index (χ0) is 23.9.